The Morgan fingerprint density at radius 3 is 2.30 bits per heavy atom. The summed E-state index contributed by atoms with van der Waals surface area (Å²) in [4.78, 5) is 0. The first-order valence-corrected chi connectivity index (χ1v) is 7.72. The third-order valence-electron chi connectivity index (χ3n) is 3.42. The van der Waals surface area contributed by atoms with E-state index in [9.17, 15) is 0 Å². The van der Waals surface area contributed by atoms with Gasteiger partial charge in [0.15, 0.2) is 11.5 Å². The topological polar surface area (TPSA) is 38.7 Å². The number of hydrogen-bond donors (Lipinski definition) is 1. The molecular weight excluding hydrogens is 252 g/mol. The highest BCUT2D eigenvalue weighted by molar-refractivity contribution is 5.42. The lowest BCUT2D eigenvalue weighted by molar-refractivity contribution is 0.274. The van der Waals surface area contributed by atoms with Crippen LogP contribution in [0.5, 0.6) is 11.5 Å². The van der Waals surface area contributed by atoms with Crippen molar-refractivity contribution in [3.63, 3.8) is 0 Å². The minimum Gasteiger partial charge on any atom is -0.493 e. The molecule has 0 saturated heterocycles. The van der Waals surface area contributed by atoms with E-state index in [1.54, 1.807) is 7.11 Å². The summed E-state index contributed by atoms with van der Waals surface area (Å²) in [6.45, 7) is 2.99. The van der Waals surface area contributed by atoms with E-state index >= 15 is 0 Å². The maximum absolute atomic E-state index is 9.09. The van der Waals surface area contributed by atoms with Crippen molar-refractivity contribution in [3.8, 4) is 11.5 Å². The Kier molecular flexibility index (Phi) is 8.88. The van der Waals surface area contributed by atoms with E-state index in [0.717, 1.165) is 24.3 Å². The molecule has 1 N–H and O–H groups in total. The lowest BCUT2D eigenvalue weighted by atomic mass is 10.1. The van der Waals surface area contributed by atoms with Crippen LogP contribution < -0.4 is 9.47 Å². The minimum atomic E-state index is 0.0222. The molecule has 0 aromatic heterocycles. The molecule has 0 bridgehead atoms. The average Bonchev–Trinajstić information content (AvgIpc) is 2.50. The Morgan fingerprint density at radius 2 is 1.65 bits per heavy atom. The average molecular weight is 280 g/mol. The highest BCUT2D eigenvalue weighted by Gasteiger charge is 2.05. The molecule has 0 heterocycles. The summed E-state index contributed by atoms with van der Waals surface area (Å²) in [5.41, 5.74) is 0.838. The summed E-state index contributed by atoms with van der Waals surface area (Å²) >= 11 is 0. The molecule has 0 aliphatic carbocycles. The van der Waals surface area contributed by atoms with Crippen LogP contribution in [0, 0.1) is 0 Å². The van der Waals surface area contributed by atoms with Crippen LogP contribution in [0.15, 0.2) is 18.2 Å². The predicted octanol–water partition coefficient (Wildman–Crippen LogP) is 4.32. The Labute approximate surface area is 122 Å². The molecule has 0 saturated carbocycles. The second kappa shape index (κ2) is 10.6. The fraction of sp³-hybridized carbons (Fsp3) is 0.647. The van der Waals surface area contributed by atoms with Crippen LogP contribution >= 0.6 is 0 Å². The second-order valence-electron chi connectivity index (χ2n) is 5.11. The number of rotatable bonds is 11. The van der Waals surface area contributed by atoms with Gasteiger partial charge < -0.3 is 14.6 Å². The minimum absolute atomic E-state index is 0.0222. The number of unbranched alkanes of at least 4 members (excludes halogenated alkanes) is 6. The molecule has 114 valence electrons. The summed E-state index contributed by atoms with van der Waals surface area (Å²) < 4.78 is 11.0. The first-order valence-electron chi connectivity index (χ1n) is 7.72. The van der Waals surface area contributed by atoms with E-state index in [0.29, 0.717) is 5.75 Å². The van der Waals surface area contributed by atoms with Gasteiger partial charge in [0.25, 0.3) is 0 Å². The van der Waals surface area contributed by atoms with Crippen molar-refractivity contribution in [2.24, 2.45) is 0 Å². The van der Waals surface area contributed by atoms with Crippen LogP contribution in [0.4, 0.5) is 0 Å². The molecule has 0 fully saturated rings. The normalized spacial score (nSPS) is 10.6. The van der Waals surface area contributed by atoms with Crippen molar-refractivity contribution >= 4 is 0 Å². The van der Waals surface area contributed by atoms with E-state index < -0.39 is 0 Å². The van der Waals surface area contributed by atoms with Gasteiger partial charge in [0.05, 0.1) is 20.3 Å². The number of ether oxygens (including phenoxy) is 2. The molecule has 0 atom stereocenters. The fourth-order valence-corrected chi connectivity index (χ4v) is 2.17. The Hall–Kier alpha value is -1.22. The number of aliphatic hydroxyl groups is 1. The van der Waals surface area contributed by atoms with Gasteiger partial charge in [-0.3, -0.25) is 0 Å². The summed E-state index contributed by atoms with van der Waals surface area (Å²) in [7, 11) is 1.62. The molecule has 3 nitrogen and oxygen atoms in total. The van der Waals surface area contributed by atoms with Crippen LogP contribution in [-0.4, -0.2) is 18.8 Å². The van der Waals surface area contributed by atoms with Crippen molar-refractivity contribution in [3.05, 3.63) is 23.8 Å². The maximum Gasteiger partial charge on any atom is 0.161 e. The van der Waals surface area contributed by atoms with Gasteiger partial charge in [0, 0.05) is 0 Å². The lowest BCUT2D eigenvalue weighted by Gasteiger charge is -2.11. The molecule has 0 spiro atoms. The molecule has 0 unspecified atom stereocenters. The van der Waals surface area contributed by atoms with Gasteiger partial charge in [-0.1, -0.05) is 51.5 Å². The summed E-state index contributed by atoms with van der Waals surface area (Å²) in [5, 5.41) is 9.09. The Bertz CT molecular complexity index is 363. The zero-order valence-corrected chi connectivity index (χ0v) is 12.9. The molecule has 3 heteroatoms. The SMILES string of the molecule is CCCCCCCCCOc1ccc(CO)cc1OC. The van der Waals surface area contributed by atoms with Crippen molar-refractivity contribution in [1.82, 2.24) is 0 Å². The first kappa shape index (κ1) is 16.8. The van der Waals surface area contributed by atoms with E-state index in [-0.39, 0.29) is 6.61 Å². The van der Waals surface area contributed by atoms with Gasteiger partial charge in [-0.25, -0.2) is 0 Å². The molecule has 1 aromatic rings. The molecule has 0 radical (unpaired) electrons. The van der Waals surface area contributed by atoms with Crippen molar-refractivity contribution in [2.45, 2.75) is 58.5 Å². The lowest BCUT2D eigenvalue weighted by Crippen LogP contribution is -2.00. The van der Waals surface area contributed by atoms with E-state index in [2.05, 4.69) is 6.92 Å². The third kappa shape index (κ3) is 6.29. The first-order chi connectivity index (χ1) is 9.81. The van der Waals surface area contributed by atoms with E-state index in [4.69, 9.17) is 14.6 Å². The highest BCUT2D eigenvalue weighted by atomic mass is 16.5. The number of benzene rings is 1. The maximum atomic E-state index is 9.09. The van der Waals surface area contributed by atoms with Gasteiger partial charge in [0.1, 0.15) is 0 Å². The fourth-order valence-electron chi connectivity index (χ4n) is 2.17. The molecule has 20 heavy (non-hydrogen) atoms. The smallest absolute Gasteiger partial charge is 0.161 e. The molecule has 0 aliphatic heterocycles. The Morgan fingerprint density at radius 1 is 0.950 bits per heavy atom. The third-order valence-corrected chi connectivity index (χ3v) is 3.42. The monoisotopic (exact) mass is 280 g/mol. The van der Waals surface area contributed by atoms with Crippen molar-refractivity contribution in [1.29, 1.82) is 0 Å². The predicted molar refractivity (Wildman–Crippen MR) is 82.4 cm³/mol. The zero-order chi connectivity index (χ0) is 14.6. The molecule has 1 rings (SSSR count). The van der Waals surface area contributed by atoms with Crippen molar-refractivity contribution in [2.75, 3.05) is 13.7 Å². The Balaban J connectivity index is 2.21. The van der Waals surface area contributed by atoms with E-state index in [1.165, 1.54) is 38.5 Å². The van der Waals surface area contributed by atoms with E-state index in [1.807, 2.05) is 18.2 Å². The van der Waals surface area contributed by atoms with Gasteiger partial charge in [-0.2, -0.15) is 0 Å². The van der Waals surface area contributed by atoms with Crippen molar-refractivity contribution < 1.29 is 14.6 Å². The molecular formula is C17H28O3. The quantitative estimate of drug-likeness (QED) is 0.614. The summed E-state index contributed by atoms with van der Waals surface area (Å²) in [6, 6.07) is 5.55. The second-order valence-corrected chi connectivity index (χ2v) is 5.11. The van der Waals surface area contributed by atoms with Gasteiger partial charge in [-0.15, -0.1) is 0 Å². The molecule has 1 aromatic carbocycles. The summed E-state index contributed by atoms with van der Waals surface area (Å²) in [6.07, 6.45) is 8.94. The number of aliphatic hydroxyl groups excluding tert-OH is 1. The standard InChI is InChI=1S/C17H28O3/c1-3-4-5-6-7-8-9-12-20-16-11-10-15(14-18)13-17(16)19-2/h10-11,13,18H,3-9,12,14H2,1-2H3. The summed E-state index contributed by atoms with van der Waals surface area (Å²) in [5.74, 6) is 1.45. The van der Waals surface area contributed by atoms with Crippen LogP contribution in [0.25, 0.3) is 0 Å². The van der Waals surface area contributed by atoms with Crippen LogP contribution in [0.1, 0.15) is 57.4 Å². The van der Waals surface area contributed by atoms with Crippen LogP contribution in [0.3, 0.4) is 0 Å². The number of hydrogen-bond acceptors (Lipinski definition) is 3. The van der Waals surface area contributed by atoms with Crippen LogP contribution in [-0.2, 0) is 6.61 Å². The number of methoxy groups -OCH3 is 1. The molecule has 0 amide bonds. The van der Waals surface area contributed by atoms with Gasteiger partial charge in [0.2, 0.25) is 0 Å². The van der Waals surface area contributed by atoms with Gasteiger partial charge in [-0.05, 0) is 24.1 Å². The highest BCUT2D eigenvalue weighted by Crippen LogP contribution is 2.28. The largest absolute Gasteiger partial charge is 0.493 e. The van der Waals surface area contributed by atoms with Crippen LogP contribution in [0.2, 0.25) is 0 Å². The molecule has 0 aliphatic rings. The van der Waals surface area contributed by atoms with Gasteiger partial charge >= 0.3 is 0 Å². The zero-order valence-electron chi connectivity index (χ0n) is 12.9.